The molecule has 0 amide bonds. The van der Waals surface area contributed by atoms with Crippen LogP contribution in [0.1, 0.15) is 5.56 Å². The molecule has 0 aromatic heterocycles. The molecule has 0 saturated heterocycles. The molecule has 2 N–H and O–H groups in total. The fraction of sp³-hybridized carbons (Fsp3) is 0.364. The highest BCUT2D eigenvalue weighted by Crippen LogP contribution is 2.10. The molecule has 0 radical (unpaired) electrons. The molecule has 0 atom stereocenters. The van der Waals surface area contributed by atoms with Crippen LogP contribution in [0.5, 0.6) is 5.75 Å². The van der Waals surface area contributed by atoms with Crippen molar-refractivity contribution < 1.29 is 4.74 Å². The molecule has 0 bridgehead atoms. The van der Waals surface area contributed by atoms with Crippen LogP contribution >= 0.6 is 0 Å². The van der Waals surface area contributed by atoms with Crippen LogP contribution in [0.2, 0.25) is 0 Å². The Morgan fingerprint density at radius 1 is 1.33 bits per heavy atom. The molecule has 0 aliphatic carbocycles. The van der Waals surface area contributed by atoms with Crippen molar-refractivity contribution in [3.63, 3.8) is 0 Å². The molecule has 0 spiro atoms. The average molecular weight is 207 g/mol. The van der Waals surface area contributed by atoms with Crippen molar-refractivity contribution in [1.29, 1.82) is 0 Å². The average Bonchev–Trinajstić information content (AvgIpc) is 2.31. The van der Waals surface area contributed by atoms with Crippen LogP contribution in [0.4, 0.5) is 0 Å². The van der Waals surface area contributed by atoms with Crippen molar-refractivity contribution in [2.45, 2.75) is 6.54 Å². The molecule has 0 aliphatic rings. The van der Waals surface area contributed by atoms with Crippen LogP contribution in [0.15, 0.2) is 29.3 Å². The van der Waals surface area contributed by atoms with E-state index < -0.39 is 0 Å². The smallest absolute Gasteiger partial charge is 0.190 e. The summed E-state index contributed by atoms with van der Waals surface area (Å²) in [6, 6.07) is 7.93. The molecule has 0 unspecified atom stereocenters. The Hall–Kier alpha value is -1.71. The molecule has 0 aliphatic heterocycles. The second-order valence-electron chi connectivity index (χ2n) is 3.02. The number of rotatable bonds is 3. The largest absolute Gasteiger partial charge is 0.497 e. The van der Waals surface area contributed by atoms with Gasteiger partial charge in [0.25, 0.3) is 0 Å². The van der Waals surface area contributed by atoms with Gasteiger partial charge in [0.2, 0.25) is 0 Å². The summed E-state index contributed by atoms with van der Waals surface area (Å²) in [6.45, 7) is 0.748. The number of hydrogen-bond donors (Lipinski definition) is 2. The van der Waals surface area contributed by atoms with E-state index in [0.29, 0.717) is 0 Å². The molecule has 4 heteroatoms. The van der Waals surface area contributed by atoms with Crippen LogP contribution in [0.25, 0.3) is 0 Å². The van der Waals surface area contributed by atoms with Crippen LogP contribution in [0.3, 0.4) is 0 Å². The highest BCUT2D eigenvalue weighted by molar-refractivity contribution is 5.79. The van der Waals surface area contributed by atoms with Gasteiger partial charge in [-0.3, -0.25) is 4.99 Å². The fourth-order valence-electron chi connectivity index (χ4n) is 1.21. The second kappa shape index (κ2) is 5.90. The van der Waals surface area contributed by atoms with Gasteiger partial charge in [-0.2, -0.15) is 0 Å². The Morgan fingerprint density at radius 3 is 2.47 bits per heavy atom. The van der Waals surface area contributed by atoms with Gasteiger partial charge in [0, 0.05) is 20.6 Å². The van der Waals surface area contributed by atoms with E-state index in [1.165, 1.54) is 5.56 Å². The topological polar surface area (TPSA) is 45.7 Å². The van der Waals surface area contributed by atoms with E-state index in [1.54, 1.807) is 14.2 Å². The Morgan fingerprint density at radius 2 is 2.00 bits per heavy atom. The minimum atomic E-state index is 0.748. The summed E-state index contributed by atoms with van der Waals surface area (Å²) in [6.07, 6.45) is 0. The van der Waals surface area contributed by atoms with Gasteiger partial charge in [-0.1, -0.05) is 12.1 Å². The molecule has 0 fully saturated rings. The molecule has 1 rings (SSSR count). The number of hydrogen-bond acceptors (Lipinski definition) is 2. The molecule has 1 aromatic rings. The van der Waals surface area contributed by atoms with Gasteiger partial charge in [0.05, 0.1) is 7.11 Å². The molecular weight excluding hydrogens is 190 g/mol. The number of nitrogens with zero attached hydrogens (tertiary/aromatic N) is 1. The Bertz CT molecular complexity index is 319. The monoisotopic (exact) mass is 207 g/mol. The SMILES string of the molecule is CN=C(NC)NCc1ccc(OC)cc1. The van der Waals surface area contributed by atoms with Gasteiger partial charge in [-0.05, 0) is 17.7 Å². The van der Waals surface area contributed by atoms with E-state index in [2.05, 4.69) is 15.6 Å². The first-order valence-electron chi connectivity index (χ1n) is 4.81. The summed E-state index contributed by atoms with van der Waals surface area (Å²) in [5.41, 5.74) is 1.19. The zero-order valence-corrected chi connectivity index (χ0v) is 9.37. The van der Waals surface area contributed by atoms with Crippen molar-refractivity contribution in [3.05, 3.63) is 29.8 Å². The maximum Gasteiger partial charge on any atom is 0.190 e. The molecule has 82 valence electrons. The van der Waals surface area contributed by atoms with Gasteiger partial charge in [0.15, 0.2) is 5.96 Å². The highest BCUT2D eigenvalue weighted by atomic mass is 16.5. The summed E-state index contributed by atoms with van der Waals surface area (Å²) < 4.78 is 5.08. The quantitative estimate of drug-likeness (QED) is 0.574. The third-order valence-corrected chi connectivity index (χ3v) is 2.08. The molecule has 15 heavy (non-hydrogen) atoms. The predicted octanol–water partition coefficient (Wildman–Crippen LogP) is 0.990. The first kappa shape index (κ1) is 11.4. The summed E-state index contributed by atoms with van der Waals surface area (Å²) in [5.74, 6) is 1.66. The second-order valence-corrected chi connectivity index (χ2v) is 3.02. The van der Waals surface area contributed by atoms with Crippen molar-refractivity contribution in [2.24, 2.45) is 4.99 Å². The predicted molar refractivity (Wildman–Crippen MR) is 62.3 cm³/mol. The maximum atomic E-state index is 5.08. The molecular formula is C11H17N3O. The number of guanidine groups is 1. The summed E-state index contributed by atoms with van der Waals surface area (Å²) in [5, 5.41) is 6.13. The molecule has 4 nitrogen and oxygen atoms in total. The minimum Gasteiger partial charge on any atom is -0.497 e. The number of aliphatic imine (C=N–C) groups is 1. The van der Waals surface area contributed by atoms with Crippen LogP contribution in [-0.4, -0.2) is 27.2 Å². The zero-order valence-electron chi connectivity index (χ0n) is 9.37. The van der Waals surface area contributed by atoms with Gasteiger partial charge < -0.3 is 15.4 Å². The van der Waals surface area contributed by atoms with E-state index in [9.17, 15) is 0 Å². The number of benzene rings is 1. The van der Waals surface area contributed by atoms with Crippen LogP contribution in [0, 0.1) is 0 Å². The van der Waals surface area contributed by atoms with E-state index in [1.807, 2.05) is 31.3 Å². The van der Waals surface area contributed by atoms with Gasteiger partial charge >= 0.3 is 0 Å². The minimum absolute atomic E-state index is 0.748. The van der Waals surface area contributed by atoms with Crippen molar-refractivity contribution in [2.75, 3.05) is 21.2 Å². The summed E-state index contributed by atoms with van der Waals surface area (Å²) in [4.78, 5) is 4.03. The van der Waals surface area contributed by atoms with Crippen molar-refractivity contribution in [1.82, 2.24) is 10.6 Å². The van der Waals surface area contributed by atoms with E-state index >= 15 is 0 Å². The van der Waals surface area contributed by atoms with E-state index in [4.69, 9.17) is 4.74 Å². The first-order valence-corrected chi connectivity index (χ1v) is 4.81. The highest BCUT2D eigenvalue weighted by Gasteiger charge is 1.96. The first-order chi connectivity index (χ1) is 7.30. The lowest BCUT2D eigenvalue weighted by atomic mass is 10.2. The zero-order chi connectivity index (χ0) is 11.1. The van der Waals surface area contributed by atoms with E-state index in [-0.39, 0.29) is 0 Å². The van der Waals surface area contributed by atoms with Crippen LogP contribution < -0.4 is 15.4 Å². The maximum absolute atomic E-state index is 5.08. The Labute approximate surface area is 90.4 Å². The van der Waals surface area contributed by atoms with Gasteiger partial charge in [0.1, 0.15) is 5.75 Å². The van der Waals surface area contributed by atoms with Gasteiger partial charge in [-0.15, -0.1) is 0 Å². The molecule has 1 aromatic carbocycles. The third kappa shape index (κ3) is 3.50. The van der Waals surface area contributed by atoms with Crippen molar-refractivity contribution in [3.8, 4) is 5.75 Å². The third-order valence-electron chi connectivity index (χ3n) is 2.08. The summed E-state index contributed by atoms with van der Waals surface area (Å²) in [7, 11) is 5.24. The lowest BCUT2D eigenvalue weighted by Gasteiger charge is -2.08. The lowest BCUT2D eigenvalue weighted by Crippen LogP contribution is -2.33. The Balaban J connectivity index is 2.51. The molecule has 0 heterocycles. The fourth-order valence-corrected chi connectivity index (χ4v) is 1.21. The number of methoxy groups -OCH3 is 1. The van der Waals surface area contributed by atoms with Crippen LogP contribution in [-0.2, 0) is 6.54 Å². The van der Waals surface area contributed by atoms with Crippen molar-refractivity contribution >= 4 is 5.96 Å². The number of ether oxygens (including phenoxy) is 1. The van der Waals surface area contributed by atoms with E-state index in [0.717, 1.165) is 18.3 Å². The summed E-state index contributed by atoms with van der Waals surface area (Å²) >= 11 is 0. The Kier molecular flexibility index (Phi) is 4.47. The van der Waals surface area contributed by atoms with Gasteiger partial charge in [-0.25, -0.2) is 0 Å². The normalized spacial score (nSPS) is 11.0. The number of nitrogens with one attached hydrogen (secondary N) is 2. The lowest BCUT2D eigenvalue weighted by molar-refractivity contribution is 0.414. The standard InChI is InChI=1S/C11H17N3O/c1-12-11(13-2)14-8-9-4-6-10(15-3)7-5-9/h4-7H,8H2,1-3H3,(H2,12,13,14). The molecule has 0 saturated carbocycles.